The molecule has 150 valence electrons. The molecule has 6 heteroatoms. The first-order chi connectivity index (χ1) is 14.8. The number of aromatic nitrogens is 3. The smallest absolute Gasteiger partial charge is 0.147 e. The van der Waals surface area contributed by atoms with Gasteiger partial charge in [0.05, 0.1) is 17.3 Å². The molecule has 0 fully saturated rings. The van der Waals surface area contributed by atoms with Crippen LogP contribution in [0.15, 0.2) is 67.1 Å². The van der Waals surface area contributed by atoms with E-state index in [1.807, 2.05) is 18.2 Å². The van der Waals surface area contributed by atoms with E-state index in [0.29, 0.717) is 0 Å². The predicted molar refractivity (Wildman–Crippen MR) is 125 cm³/mol. The second kappa shape index (κ2) is 8.16. The number of benzene rings is 2. The van der Waals surface area contributed by atoms with Crippen molar-refractivity contribution >= 4 is 38.3 Å². The predicted octanol–water partition coefficient (Wildman–Crippen LogP) is 5.89. The van der Waals surface area contributed by atoms with E-state index in [0.717, 1.165) is 51.6 Å². The fourth-order valence-electron chi connectivity index (χ4n) is 3.72. The number of rotatable bonds is 7. The molecule has 30 heavy (non-hydrogen) atoms. The highest BCUT2D eigenvalue weighted by Gasteiger charge is 2.11. The number of hydrogen-bond acceptors (Lipinski definition) is 5. The Morgan fingerprint density at radius 2 is 2.00 bits per heavy atom. The van der Waals surface area contributed by atoms with Gasteiger partial charge in [-0.1, -0.05) is 30.3 Å². The molecule has 0 unspecified atom stereocenters. The summed E-state index contributed by atoms with van der Waals surface area (Å²) in [6.07, 6.45) is 5.80. The van der Waals surface area contributed by atoms with Gasteiger partial charge >= 0.3 is 0 Å². The number of nitrogens with zero attached hydrogens (tertiary/aromatic N) is 2. The van der Waals surface area contributed by atoms with E-state index >= 15 is 0 Å². The molecule has 0 radical (unpaired) electrons. The molecule has 0 aliphatic heterocycles. The van der Waals surface area contributed by atoms with Crippen LogP contribution in [0.5, 0.6) is 5.75 Å². The number of methoxy groups -OCH3 is 1. The molecule has 0 saturated carbocycles. The SMILES string of the molecule is COc1cccc(-c2cc3ncnc(NCCCc4c[nH]c5ccccc45)c3s2)c1. The third kappa shape index (κ3) is 3.62. The van der Waals surface area contributed by atoms with Crippen LogP contribution in [0.25, 0.3) is 31.6 Å². The average molecular weight is 415 g/mol. The number of nitrogens with one attached hydrogen (secondary N) is 2. The van der Waals surface area contributed by atoms with Crippen molar-refractivity contribution in [2.75, 3.05) is 19.0 Å². The van der Waals surface area contributed by atoms with E-state index in [1.165, 1.54) is 16.5 Å². The van der Waals surface area contributed by atoms with Gasteiger partial charge < -0.3 is 15.0 Å². The molecule has 0 spiro atoms. The second-order valence-corrected chi connectivity index (χ2v) is 8.22. The van der Waals surface area contributed by atoms with Gasteiger partial charge in [0.15, 0.2) is 0 Å². The monoisotopic (exact) mass is 414 g/mol. The molecule has 0 saturated heterocycles. The zero-order valence-corrected chi connectivity index (χ0v) is 17.5. The molecular formula is C24H22N4OS. The molecular weight excluding hydrogens is 392 g/mol. The van der Waals surface area contributed by atoms with Crippen LogP contribution in [0, 0.1) is 0 Å². The first-order valence-corrected chi connectivity index (χ1v) is 10.8. The minimum atomic E-state index is 0.853. The molecule has 0 amide bonds. The van der Waals surface area contributed by atoms with Gasteiger partial charge in [0.25, 0.3) is 0 Å². The minimum Gasteiger partial charge on any atom is -0.497 e. The molecule has 0 aliphatic rings. The van der Waals surface area contributed by atoms with Crippen molar-refractivity contribution in [2.24, 2.45) is 0 Å². The average Bonchev–Trinajstić information content (AvgIpc) is 3.41. The maximum absolute atomic E-state index is 5.36. The highest BCUT2D eigenvalue weighted by molar-refractivity contribution is 7.22. The van der Waals surface area contributed by atoms with Gasteiger partial charge in [-0.05, 0) is 48.2 Å². The fraction of sp³-hybridized carbons (Fsp3) is 0.167. The Balaban J connectivity index is 1.30. The van der Waals surface area contributed by atoms with Crippen LogP contribution in [-0.2, 0) is 6.42 Å². The molecule has 2 aromatic carbocycles. The standard InChI is InChI=1S/C24H22N4OS/c1-29-18-8-4-6-16(12-18)22-13-21-23(30-22)24(28-15-27-21)25-11-5-7-17-14-26-20-10-3-2-9-19(17)20/h2-4,6,8-10,12-15,26H,5,7,11H2,1H3,(H,25,27,28). The van der Waals surface area contributed by atoms with Crippen molar-refractivity contribution in [3.05, 3.63) is 72.7 Å². The van der Waals surface area contributed by atoms with E-state index in [1.54, 1.807) is 24.8 Å². The molecule has 0 aliphatic carbocycles. The topological polar surface area (TPSA) is 62.8 Å². The van der Waals surface area contributed by atoms with Gasteiger partial charge in [-0.2, -0.15) is 0 Å². The molecule has 5 nitrogen and oxygen atoms in total. The molecule has 5 aromatic rings. The van der Waals surface area contributed by atoms with Crippen molar-refractivity contribution in [1.82, 2.24) is 15.0 Å². The van der Waals surface area contributed by atoms with Crippen LogP contribution in [-0.4, -0.2) is 28.6 Å². The third-order valence-corrected chi connectivity index (χ3v) is 6.44. The largest absolute Gasteiger partial charge is 0.497 e. The number of thiophene rings is 1. The summed E-state index contributed by atoms with van der Waals surface area (Å²) in [5.41, 5.74) is 4.65. The van der Waals surface area contributed by atoms with Gasteiger partial charge in [0.2, 0.25) is 0 Å². The van der Waals surface area contributed by atoms with E-state index in [9.17, 15) is 0 Å². The Labute approximate surface area is 178 Å². The summed E-state index contributed by atoms with van der Waals surface area (Å²) in [6.45, 7) is 0.859. The summed E-state index contributed by atoms with van der Waals surface area (Å²) in [5, 5.41) is 4.82. The van der Waals surface area contributed by atoms with Crippen LogP contribution < -0.4 is 10.1 Å². The lowest BCUT2D eigenvalue weighted by atomic mass is 10.1. The number of aromatic amines is 1. The molecule has 5 rings (SSSR count). The van der Waals surface area contributed by atoms with E-state index in [4.69, 9.17) is 4.74 Å². The van der Waals surface area contributed by atoms with Crippen LogP contribution in [0.3, 0.4) is 0 Å². The molecule has 3 heterocycles. The quantitative estimate of drug-likeness (QED) is 0.326. The maximum Gasteiger partial charge on any atom is 0.147 e. The van der Waals surface area contributed by atoms with Gasteiger partial charge in [0.1, 0.15) is 17.9 Å². The van der Waals surface area contributed by atoms with Gasteiger partial charge in [-0.15, -0.1) is 11.3 Å². The van der Waals surface area contributed by atoms with Crippen molar-refractivity contribution in [3.8, 4) is 16.2 Å². The van der Waals surface area contributed by atoms with Crippen molar-refractivity contribution in [2.45, 2.75) is 12.8 Å². The first-order valence-electron chi connectivity index (χ1n) is 9.99. The lowest BCUT2D eigenvalue weighted by molar-refractivity contribution is 0.415. The lowest BCUT2D eigenvalue weighted by Crippen LogP contribution is -2.04. The lowest BCUT2D eigenvalue weighted by Gasteiger charge is -2.06. The number of fused-ring (bicyclic) bond motifs is 2. The summed E-state index contributed by atoms with van der Waals surface area (Å²) >= 11 is 1.71. The summed E-state index contributed by atoms with van der Waals surface area (Å²) < 4.78 is 6.44. The summed E-state index contributed by atoms with van der Waals surface area (Å²) in [4.78, 5) is 13.5. The Bertz CT molecular complexity index is 1310. The first kappa shape index (κ1) is 18.6. The number of aryl methyl sites for hydroxylation is 1. The Kier molecular flexibility index (Phi) is 5.07. The third-order valence-electron chi connectivity index (χ3n) is 5.26. The summed E-state index contributed by atoms with van der Waals surface area (Å²) in [6, 6.07) is 18.7. The molecule has 2 N–H and O–H groups in total. The van der Waals surface area contributed by atoms with E-state index in [2.05, 4.69) is 62.9 Å². The summed E-state index contributed by atoms with van der Waals surface area (Å²) in [5.74, 6) is 1.75. The molecule has 3 aromatic heterocycles. The van der Waals surface area contributed by atoms with Gasteiger partial charge in [-0.25, -0.2) is 9.97 Å². The normalized spacial score (nSPS) is 11.2. The minimum absolute atomic E-state index is 0.853. The van der Waals surface area contributed by atoms with Crippen molar-refractivity contribution in [1.29, 1.82) is 0 Å². The number of anilines is 1. The van der Waals surface area contributed by atoms with Gasteiger partial charge in [-0.3, -0.25) is 0 Å². The van der Waals surface area contributed by atoms with Crippen LogP contribution in [0.2, 0.25) is 0 Å². The second-order valence-electron chi connectivity index (χ2n) is 7.17. The van der Waals surface area contributed by atoms with Gasteiger partial charge in [0, 0.05) is 28.5 Å². The van der Waals surface area contributed by atoms with Crippen LogP contribution in [0.4, 0.5) is 5.82 Å². The summed E-state index contributed by atoms with van der Waals surface area (Å²) in [7, 11) is 1.69. The Morgan fingerprint density at radius 3 is 2.93 bits per heavy atom. The Morgan fingerprint density at radius 1 is 1.07 bits per heavy atom. The molecule has 0 bridgehead atoms. The zero-order chi connectivity index (χ0) is 20.3. The van der Waals surface area contributed by atoms with E-state index < -0.39 is 0 Å². The zero-order valence-electron chi connectivity index (χ0n) is 16.7. The molecule has 0 atom stereocenters. The highest BCUT2D eigenvalue weighted by atomic mass is 32.1. The van der Waals surface area contributed by atoms with Crippen LogP contribution in [0.1, 0.15) is 12.0 Å². The fourth-order valence-corrected chi connectivity index (χ4v) is 4.80. The van der Waals surface area contributed by atoms with Crippen LogP contribution >= 0.6 is 11.3 Å². The number of H-pyrrole nitrogens is 1. The van der Waals surface area contributed by atoms with Crippen molar-refractivity contribution < 1.29 is 4.74 Å². The number of para-hydroxylation sites is 1. The van der Waals surface area contributed by atoms with E-state index in [-0.39, 0.29) is 0 Å². The highest BCUT2D eigenvalue weighted by Crippen LogP contribution is 2.36. The number of ether oxygens (including phenoxy) is 1. The maximum atomic E-state index is 5.36. The number of hydrogen-bond donors (Lipinski definition) is 2. The Hall–Kier alpha value is -3.38. The van der Waals surface area contributed by atoms with Crippen molar-refractivity contribution in [3.63, 3.8) is 0 Å².